The van der Waals surface area contributed by atoms with Crippen LogP contribution in [0.15, 0.2) is 28.2 Å². The summed E-state index contributed by atoms with van der Waals surface area (Å²) in [6.45, 7) is 4.10. The van der Waals surface area contributed by atoms with Gasteiger partial charge in [0.05, 0.1) is 21.7 Å². The van der Waals surface area contributed by atoms with Crippen LogP contribution in [0.5, 0.6) is 0 Å². The van der Waals surface area contributed by atoms with Crippen LogP contribution in [0.3, 0.4) is 0 Å². The number of halogens is 4. The third-order valence-electron chi connectivity index (χ3n) is 5.09. The van der Waals surface area contributed by atoms with Crippen LogP contribution in [0, 0.1) is 5.92 Å². The van der Waals surface area contributed by atoms with Gasteiger partial charge in [0.15, 0.2) is 5.16 Å². The largest absolute Gasteiger partial charge is 0.417 e. The van der Waals surface area contributed by atoms with Crippen LogP contribution in [-0.2, 0) is 19.0 Å². The van der Waals surface area contributed by atoms with E-state index in [0.29, 0.717) is 27.0 Å². The molecular weight excluding hydrogens is 441 g/mol. The molecule has 154 valence electrons. The Kier molecular flexibility index (Phi) is 5.46. The smallest absolute Gasteiger partial charge is 0.268 e. The molecule has 1 atom stereocenters. The van der Waals surface area contributed by atoms with Crippen molar-refractivity contribution in [1.29, 1.82) is 0 Å². The molecule has 0 radical (unpaired) electrons. The second-order valence-electron chi connectivity index (χ2n) is 7.16. The number of alkyl halides is 3. The lowest BCUT2D eigenvalue weighted by molar-refractivity contribution is -0.137. The molecule has 1 aliphatic rings. The molecule has 2 aromatic heterocycles. The minimum atomic E-state index is -4.61. The number of nitrogens with zero attached hydrogens (tertiary/aromatic N) is 2. The Labute approximate surface area is 178 Å². The Balaban J connectivity index is 2.00. The van der Waals surface area contributed by atoms with E-state index in [1.54, 1.807) is 0 Å². The van der Waals surface area contributed by atoms with Gasteiger partial charge in [0.2, 0.25) is 0 Å². The highest BCUT2D eigenvalue weighted by atomic mass is 35.5. The third kappa shape index (κ3) is 3.70. The van der Waals surface area contributed by atoms with Gasteiger partial charge < -0.3 is 0 Å². The first-order chi connectivity index (χ1) is 13.7. The average molecular weight is 459 g/mol. The van der Waals surface area contributed by atoms with Gasteiger partial charge in [0.1, 0.15) is 4.83 Å². The van der Waals surface area contributed by atoms with Gasteiger partial charge in [-0.2, -0.15) is 13.2 Å². The number of aromatic nitrogens is 2. The molecule has 1 unspecified atom stereocenters. The molecule has 1 aliphatic carbocycles. The van der Waals surface area contributed by atoms with Crippen LogP contribution in [0.1, 0.15) is 36.3 Å². The maximum absolute atomic E-state index is 13.5. The van der Waals surface area contributed by atoms with Crippen LogP contribution >= 0.6 is 34.7 Å². The first-order valence-electron chi connectivity index (χ1n) is 9.28. The van der Waals surface area contributed by atoms with E-state index < -0.39 is 16.8 Å². The summed E-state index contributed by atoms with van der Waals surface area (Å²) < 4.78 is 41.4. The van der Waals surface area contributed by atoms with Gasteiger partial charge in [-0.25, -0.2) is 4.98 Å². The Morgan fingerprint density at radius 3 is 2.83 bits per heavy atom. The lowest BCUT2D eigenvalue weighted by Crippen LogP contribution is -2.23. The number of fused-ring (bicyclic) bond motifs is 3. The summed E-state index contributed by atoms with van der Waals surface area (Å²) >= 11 is 8.64. The Morgan fingerprint density at radius 1 is 1.38 bits per heavy atom. The lowest BCUT2D eigenvalue weighted by atomic mass is 9.89. The molecule has 4 rings (SSSR count). The summed E-state index contributed by atoms with van der Waals surface area (Å²) in [6.07, 6.45) is -1.92. The van der Waals surface area contributed by atoms with Crippen molar-refractivity contribution in [3.63, 3.8) is 0 Å². The normalized spacial score (nSPS) is 17.0. The van der Waals surface area contributed by atoms with Crippen molar-refractivity contribution < 1.29 is 13.2 Å². The number of aryl methyl sites for hydroxylation is 1. The second-order valence-corrected chi connectivity index (χ2v) is 9.88. The Bertz CT molecular complexity index is 1150. The quantitative estimate of drug-likeness (QED) is 0.338. The number of thioether (sulfide) groups is 1. The predicted molar refractivity (Wildman–Crippen MR) is 113 cm³/mol. The summed E-state index contributed by atoms with van der Waals surface area (Å²) in [6, 6.07) is 3.55. The number of benzene rings is 1. The zero-order valence-electron chi connectivity index (χ0n) is 15.8. The zero-order chi connectivity index (χ0) is 20.9. The topological polar surface area (TPSA) is 34.9 Å². The van der Waals surface area contributed by atoms with E-state index in [4.69, 9.17) is 11.6 Å². The molecule has 29 heavy (non-hydrogen) atoms. The van der Waals surface area contributed by atoms with Gasteiger partial charge in [-0.05, 0) is 54.7 Å². The van der Waals surface area contributed by atoms with Gasteiger partial charge in [-0.1, -0.05) is 37.2 Å². The van der Waals surface area contributed by atoms with Crippen molar-refractivity contribution in [2.45, 2.75) is 44.4 Å². The van der Waals surface area contributed by atoms with Crippen LogP contribution in [0.2, 0.25) is 5.02 Å². The maximum Gasteiger partial charge on any atom is 0.417 e. The van der Waals surface area contributed by atoms with Crippen molar-refractivity contribution >= 4 is 44.9 Å². The molecule has 0 saturated carbocycles. The maximum atomic E-state index is 13.5. The summed E-state index contributed by atoms with van der Waals surface area (Å²) in [7, 11) is 0. The summed E-state index contributed by atoms with van der Waals surface area (Å²) in [5, 5.41) is 0.544. The average Bonchev–Trinajstić information content (AvgIpc) is 2.99. The molecule has 2 heterocycles. The fourth-order valence-corrected chi connectivity index (χ4v) is 6.08. The van der Waals surface area contributed by atoms with Crippen molar-refractivity contribution in [2.24, 2.45) is 5.92 Å². The highest BCUT2D eigenvalue weighted by molar-refractivity contribution is 7.99. The molecule has 9 heteroatoms. The second kappa shape index (κ2) is 7.63. The minimum absolute atomic E-state index is 0.126. The first-order valence-corrected chi connectivity index (χ1v) is 11.5. The lowest BCUT2D eigenvalue weighted by Gasteiger charge is -2.18. The molecule has 0 fully saturated rings. The molecular formula is C20H18ClF3N2OS2. The standard InChI is InChI=1S/C20H18ClF3N2OS2/c1-3-28-19-25-17-16(12-6-4-10(2)8-15(12)29-17)18(27)26(19)11-5-7-14(21)13(9-11)20(22,23)24/h5,7,9-10H,3-4,6,8H2,1-2H3. The van der Waals surface area contributed by atoms with E-state index in [9.17, 15) is 18.0 Å². The molecule has 0 spiro atoms. The molecule has 3 nitrogen and oxygen atoms in total. The van der Waals surface area contributed by atoms with Gasteiger partial charge in [0.25, 0.3) is 5.56 Å². The fourth-order valence-electron chi connectivity index (χ4n) is 3.69. The Morgan fingerprint density at radius 2 is 2.14 bits per heavy atom. The summed E-state index contributed by atoms with van der Waals surface area (Å²) in [5.41, 5.74) is -0.139. The van der Waals surface area contributed by atoms with Crippen LogP contribution in [0.25, 0.3) is 15.9 Å². The number of thiophene rings is 1. The van der Waals surface area contributed by atoms with Crippen molar-refractivity contribution in [3.05, 3.63) is 49.6 Å². The van der Waals surface area contributed by atoms with Crippen molar-refractivity contribution in [2.75, 3.05) is 5.75 Å². The number of hydrogen-bond acceptors (Lipinski definition) is 4. The van der Waals surface area contributed by atoms with Crippen molar-refractivity contribution in [1.82, 2.24) is 9.55 Å². The molecule has 0 aliphatic heterocycles. The van der Waals surface area contributed by atoms with Gasteiger partial charge in [0, 0.05) is 4.88 Å². The van der Waals surface area contributed by atoms with E-state index in [1.807, 2.05) is 6.92 Å². The van der Waals surface area contributed by atoms with Gasteiger partial charge in [-0.3, -0.25) is 9.36 Å². The molecule has 0 N–H and O–H groups in total. The highest BCUT2D eigenvalue weighted by Gasteiger charge is 2.34. The molecule has 0 saturated heterocycles. The highest BCUT2D eigenvalue weighted by Crippen LogP contribution is 2.38. The van der Waals surface area contributed by atoms with Crippen LogP contribution < -0.4 is 5.56 Å². The number of rotatable bonds is 3. The minimum Gasteiger partial charge on any atom is -0.268 e. The van der Waals surface area contributed by atoms with E-state index in [2.05, 4.69) is 11.9 Å². The van der Waals surface area contributed by atoms with Gasteiger partial charge >= 0.3 is 6.18 Å². The van der Waals surface area contributed by atoms with Crippen LogP contribution in [-0.4, -0.2) is 15.3 Å². The SMILES string of the molecule is CCSc1nc2sc3c(c2c(=O)n1-c1ccc(Cl)c(C(F)(F)F)c1)CCC(C)C3. The van der Waals surface area contributed by atoms with Crippen molar-refractivity contribution in [3.8, 4) is 5.69 Å². The number of hydrogen-bond donors (Lipinski definition) is 0. The van der Waals surface area contributed by atoms with E-state index in [1.165, 1.54) is 44.7 Å². The van der Waals surface area contributed by atoms with Gasteiger partial charge in [-0.15, -0.1) is 11.3 Å². The monoisotopic (exact) mass is 458 g/mol. The Hall–Kier alpha value is -1.51. The predicted octanol–water partition coefficient (Wildman–Crippen LogP) is 6.36. The van der Waals surface area contributed by atoms with E-state index in [-0.39, 0.29) is 11.2 Å². The summed E-state index contributed by atoms with van der Waals surface area (Å²) in [4.78, 5) is 20.0. The molecule has 3 aromatic rings. The summed E-state index contributed by atoms with van der Waals surface area (Å²) in [5.74, 6) is 1.19. The molecule has 1 aromatic carbocycles. The molecule has 0 amide bonds. The zero-order valence-corrected chi connectivity index (χ0v) is 18.2. The van der Waals surface area contributed by atoms with E-state index >= 15 is 0 Å². The molecule has 0 bridgehead atoms. The first kappa shape index (κ1) is 20.8. The van der Waals surface area contributed by atoms with E-state index in [0.717, 1.165) is 30.9 Å². The third-order valence-corrected chi connectivity index (χ3v) is 7.38. The fraction of sp³-hybridized carbons (Fsp3) is 0.400. The van der Waals surface area contributed by atoms with Crippen LogP contribution in [0.4, 0.5) is 13.2 Å².